The van der Waals surface area contributed by atoms with E-state index in [-0.39, 0.29) is 23.6 Å². The summed E-state index contributed by atoms with van der Waals surface area (Å²) < 4.78 is 20.6. The number of carbonyl (C=O) groups excluding carboxylic acids is 1. The van der Waals surface area contributed by atoms with Gasteiger partial charge < -0.3 is 10.1 Å². The standard InChI is InChI=1S/C19H14FN5O2S/c1-10-6-12(7-14-17(10)27-8-15(26)22-14)16-18(11-2-4-13(20)5-3-11)28-19-23-21-9-25(19)24-16/h2-7,9,18H,8H2,1H3,(H,22,26). The summed E-state index contributed by atoms with van der Waals surface area (Å²) in [5.74, 6) is 0.173. The second-order valence-electron chi connectivity index (χ2n) is 6.50. The van der Waals surface area contributed by atoms with Gasteiger partial charge in [0.1, 0.15) is 17.9 Å². The molecule has 140 valence electrons. The molecule has 3 heterocycles. The fourth-order valence-electron chi connectivity index (χ4n) is 3.30. The van der Waals surface area contributed by atoms with Gasteiger partial charge in [0, 0.05) is 5.56 Å². The van der Waals surface area contributed by atoms with E-state index in [0.717, 1.165) is 22.4 Å². The number of fused-ring (bicyclic) bond motifs is 2. The Morgan fingerprint density at radius 3 is 2.93 bits per heavy atom. The summed E-state index contributed by atoms with van der Waals surface area (Å²) in [6, 6.07) is 10.2. The van der Waals surface area contributed by atoms with Crippen molar-refractivity contribution >= 4 is 29.1 Å². The molecule has 0 fully saturated rings. The molecule has 0 aliphatic carbocycles. The van der Waals surface area contributed by atoms with Gasteiger partial charge >= 0.3 is 0 Å². The van der Waals surface area contributed by atoms with Crippen LogP contribution in [0.25, 0.3) is 0 Å². The number of benzene rings is 2. The van der Waals surface area contributed by atoms with Gasteiger partial charge in [-0.25, -0.2) is 4.39 Å². The number of hydrogen-bond donors (Lipinski definition) is 1. The minimum absolute atomic E-state index is 0.00621. The van der Waals surface area contributed by atoms with E-state index in [9.17, 15) is 9.18 Å². The lowest BCUT2D eigenvalue weighted by Crippen LogP contribution is -2.26. The van der Waals surface area contributed by atoms with E-state index in [1.807, 2.05) is 19.1 Å². The predicted molar refractivity (Wildman–Crippen MR) is 102 cm³/mol. The molecular formula is C19H14FN5O2S. The van der Waals surface area contributed by atoms with Crippen molar-refractivity contribution in [3.63, 3.8) is 0 Å². The molecule has 2 aliphatic rings. The van der Waals surface area contributed by atoms with E-state index in [0.29, 0.717) is 16.6 Å². The summed E-state index contributed by atoms with van der Waals surface area (Å²) in [7, 11) is 0. The third-order valence-corrected chi connectivity index (χ3v) is 5.76. The molecule has 1 amide bonds. The first kappa shape index (κ1) is 16.9. The Kier molecular flexibility index (Phi) is 3.90. The summed E-state index contributed by atoms with van der Waals surface area (Å²) in [6.07, 6.45) is 1.54. The fourth-order valence-corrected chi connectivity index (χ4v) is 4.39. The average molecular weight is 395 g/mol. The number of rotatable bonds is 2. The normalized spacial score (nSPS) is 17.9. The van der Waals surface area contributed by atoms with E-state index >= 15 is 0 Å². The van der Waals surface area contributed by atoms with Crippen molar-refractivity contribution in [3.05, 3.63) is 65.2 Å². The highest BCUT2D eigenvalue weighted by atomic mass is 32.2. The van der Waals surface area contributed by atoms with Gasteiger partial charge in [-0.3, -0.25) is 4.79 Å². The Labute approximate surface area is 163 Å². The van der Waals surface area contributed by atoms with Crippen LogP contribution in [0.2, 0.25) is 0 Å². The van der Waals surface area contributed by atoms with Crippen LogP contribution in [-0.4, -0.2) is 33.1 Å². The molecule has 5 rings (SSSR count). The van der Waals surface area contributed by atoms with Crippen molar-refractivity contribution in [1.82, 2.24) is 14.9 Å². The van der Waals surface area contributed by atoms with Gasteiger partial charge in [0.15, 0.2) is 6.61 Å². The molecule has 3 aromatic rings. The molecular weight excluding hydrogens is 381 g/mol. The minimum Gasteiger partial charge on any atom is -0.481 e. The predicted octanol–water partition coefficient (Wildman–Crippen LogP) is 3.16. The Morgan fingerprint density at radius 2 is 2.11 bits per heavy atom. The number of anilines is 1. The van der Waals surface area contributed by atoms with Gasteiger partial charge in [0.25, 0.3) is 5.91 Å². The lowest BCUT2D eigenvalue weighted by atomic mass is 9.98. The summed E-state index contributed by atoms with van der Waals surface area (Å²) in [5.41, 5.74) is 4.01. The highest BCUT2D eigenvalue weighted by Crippen LogP contribution is 2.42. The fraction of sp³-hybridized carbons (Fsp3) is 0.158. The molecule has 2 aliphatic heterocycles. The number of nitrogens with one attached hydrogen (secondary N) is 1. The van der Waals surface area contributed by atoms with Crippen LogP contribution < -0.4 is 10.1 Å². The Balaban J connectivity index is 1.65. The van der Waals surface area contributed by atoms with Gasteiger partial charge in [-0.2, -0.15) is 9.78 Å². The van der Waals surface area contributed by atoms with Gasteiger partial charge in [0.05, 0.1) is 16.6 Å². The summed E-state index contributed by atoms with van der Waals surface area (Å²) in [6.45, 7) is 1.93. The summed E-state index contributed by atoms with van der Waals surface area (Å²) >= 11 is 1.49. The number of nitrogens with zero attached hydrogens (tertiary/aromatic N) is 4. The number of carbonyl (C=O) groups is 1. The van der Waals surface area contributed by atoms with E-state index in [1.165, 1.54) is 23.9 Å². The number of thioether (sulfide) groups is 1. The van der Waals surface area contributed by atoms with Crippen LogP contribution in [-0.2, 0) is 4.79 Å². The first-order valence-corrected chi connectivity index (χ1v) is 9.45. The molecule has 0 saturated carbocycles. The van der Waals surface area contributed by atoms with Crippen molar-refractivity contribution in [1.29, 1.82) is 0 Å². The number of halogens is 1. The smallest absolute Gasteiger partial charge is 0.262 e. The lowest BCUT2D eigenvalue weighted by molar-refractivity contribution is -0.118. The largest absolute Gasteiger partial charge is 0.481 e. The zero-order valence-electron chi connectivity index (χ0n) is 14.7. The molecule has 7 nitrogen and oxygen atoms in total. The first-order chi connectivity index (χ1) is 13.6. The topological polar surface area (TPSA) is 81.4 Å². The van der Waals surface area contributed by atoms with Crippen molar-refractivity contribution in [2.45, 2.75) is 17.3 Å². The van der Waals surface area contributed by atoms with Crippen molar-refractivity contribution in [3.8, 4) is 5.75 Å². The molecule has 28 heavy (non-hydrogen) atoms. The van der Waals surface area contributed by atoms with E-state index in [1.54, 1.807) is 23.1 Å². The Hall–Kier alpha value is -3.20. The van der Waals surface area contributed by atoms with Gasteiger partial charge in [-0.15, -0.1) is 10.2 Å². The van der Waals surface area contributed by atoms with Crippen LogP contribution in [0.4, 0.5) is 10.1 Å². The third kappa shape index (κ3) is 2.84. The van der Waals surface area contributed by atoms with Crippen LogP contribution in [0, 0.1) is 12.7 Å². The van der Waals surface area contributed by atoms with Crippen molar-refractivity contribution in [2.75, 3.05) is 11.9 Å². The molecule has 9 heteroatoms. The highest BCUT2D eigenvalue weighted by molar-refractivity contribution is 8.00. The zero-order valence-corrected chi connectivity index (χ0v) is 15.5. The van der Waals surface area contributed by atoms with Crippen LogP contribution >= 0.6 is 11.8 Å². The number of aromatic nitrogens is 3. The lowest BCUT2D eigenvalue weighted by Gasteiger charge is -2.25. The molecule has 0 spiro atoms. The highest BCUT2D eigenvalue weighted by Gasteiger charge is 2.30. The molecule has 1 unspecified atom stereocenters. The molecule has 0 radical (unpaired) electrons. The van der Waals surface area contributed by atoms with Crippen LogP contribution in [0.5, 0.6) is 5.75 Å². The maximum atomic E-state index is 13.4. The van der Waals surface area contributed by atoms with Crippen LogP contribution in [0.15, 0.2) is 53.0 Å². The molecule has 1 atom stereocenters. The Bertz CT molecular complexity index is 1130. The first-order valence-electron chi connectivity index (χ1n) is 8.57. The van der Waals surface area contributed by atoms with Gasteiger partial charge in [-0.1, -0.05) is 23.9 Å². The number of hydrogen-bond acceptors (Lipinski definition) is 6. The molecule has 0 saturated heterocycles. The number of amides is 1. The monoisotopic (exact) mass is 395 g/mol. The minimum atomic E-state index is -0.296. The van der Waals surface area contributed by atoms with Crippen molar-refractivity contribution in [2.24, 2.45) is 5.10 Å². The SMILES string of the molecule is Cc1cc(C2=Nn3cnnc3SC2c2ccc(F)cc2)cc2c1OCC(=O)N2. The average Bonchev–Trinajstić information content (AvgIpc) is 3.14. The Morgan fingerprint density at radius 1 is 1.29 bits per heavy atom. The second kappa shape index (κ2) is 6.45. The third-order valence-electron chi connectivity index (χ3n) is 4.55. The summed E-state index contributed by atoms with van der Waals surface area (Å²) in [5, 5.41) is 16.0. The summed E-state index contributed by atoms with van der Waals surface area (Å²) in [4.78, 5) is 11.7. The number of aryl methyl sites for hydroxylation is 1. The van der Waals surface area contributed by atoms with Gasteiger partial charge in [0.2, 0.25) is 5.16 Å². The molecule has 1 N–H and O–H groups in total. The maximum Gasteiger partial charge on any atom is 0.262 e. The van der Waals surface area contributed by atoms with E-state index in [4.69, 9.17) is 9.84 Å². The van der Waals surface area contributed by atoms with Crippen LogP contribution in [0.3, 0.4) is 0 Å². The van der Waals surface area contributed by atoms with E-state index in [2.05, 4.69) is 15.5 Å². The van der Waals surface area contributed by atoms with Crippen LogP contribution in [0.1, 0.15) is 21.9 Å². The quantitative estimate of drug-likeness (QED) is 0.721. The molecule has 0 bridgehead atoms. The van der Waals surface area contributed by atoms with E-state index < -0.39 is 0 Å². The maximum absolute atomic E-state index is 13.4. The van der Waals surface area contributed by atoms with Crippen molar-refractivity contribution < 1.29 is 13.9 Å². The zero-order chi connectivity index (χ0) is 19.3. The molecule has 2 aromatic carbocycles. The number of ether oxygens (including phenoxy) is 1. The second-order valence-corrected chi connectivity index (χ2v) is 7.57. The molecule has 1 aromatic heterocycles. The van der Waals surface area contributed by atoms with Gasteiger partial charge in [-0.05, 0) is 42.3 Å².